The van der Waals surface area contributed by atoms with E-state index >= 15 is 0 Å². The Morgan fingerprint density at radius 1 is 1.47 bits per heavy atom. The number of likely N-dealkylation sites (N-methyl/N-ethyl adjacent to an activating group) is 1. The topological polar surface area (TPSA) is 21.3 Å². The summed E-state index contributed by atoms with van der Waals surface area (Å²) < 4.78 is 18.4. The van der Waals surface area contributed by atoms with Crippen LogP contribution in [-0.4, -0.2) is 20.7 Å². The minimum Gasteiger partial charge on any atom is -0.494 e. The van der Waals surface area contributed by atoms with Crippen LogP contribution in [-0.2, 0) is 5.41 Å². The van der Waals surface area contributed by atoms with Gasteiger partial charge in [0.15, 0.2) is 11.6 Å². The first kappa shape index (κ1) is 10.4. The van der Waals surface area contributed by atoms with E-state index in [2.05, 4.69) is 5.32 Å². The first-order valence-electron chi connectivity index (χ1n) is 5.20. The zero-order chi connectivity index (χ0) is 10.9. The van der Waals surface area contributed by atoms with Crippen LogP contribution in [0.4, 0.5) is 4.39 Å². The largest absolute Gasteiger partial charge is 0.494 e. The van der Waals surface area contributed by atoms with Crippen LogP contribution in [0.15, 0.2) is 18.2 Å². The maximum atomic E-state index is 13.5. The average molecular weight is 209 g/mol. The SMILES string of the molecule is CNCC1(c2ccc(OC)c(F)c2)CC1. The Balaban J connectivity index is 2.26. The summed E-state index contributed by atoms with van der Waals surface area (Å²) in [4.78, 5) is 0. The first-order chi connectivity index (χ1) is 7.22. The number of nitrogens with one attached hydrogen (secondary N) is 1. The van der Waals surface area contributed by atoms with Gasteiger partial charge < -0.3 is 10.1 Å². The number of rotatable bonds is 4. The Morgan fingerprint density at radius 2 is 2.20 bits per heavy atom. The van der Waals surface area contributed by atoms with E-state index in [1.165, 1.54) is 7.11 Å². The Morgan fingerprint density at radius 3 is 2.67 bits per heavy atom. The smallest absolute Gasteiger partial charge is 0.165 e. The Bertz CT molecular complexity index is 361. The lowest BCUT2D eigenvalue weighted by Crippen LogP contribution is -2.23. The molecule has 1 aromatic rings. The van der Waals surface area contributed by atoms with Gasteiger partial charge in [-0.05, 0) is 37.6 Å². The molecule has 0 amide bonds. The van der Waals surface area contributed by atoms with Crippen LogP contribution in [0.25, 0.3) is 0 Å². The van der Waals surface area contributed by atoms with Gasteiger partial charge in [-0.3, -0.25) is 0 Å². The van der Waals surface area contributed by atoms with Crippen molar-refractivity contribution in [3.8, 4) is 5.75 Å². The molecule has 0 bridgehead atoms. The van der Waals surface area contributed by atoms with Crippen LogP contribution in [0, 0.1) is 5.82 Å². The first-order valence-corrected chi connectivity index (χ1v) is 5.20. The van der Waals surface area contributed by atoms with Gasteiger partial charge in [-0.1, -0.05) is 6.07 Å². The summed E-state index contributed by atoms with van der Waals surface area (Å²) in [6.07, 6.45) is 2.28. The zero-order valence-electron chi connectivity index (χ0n) is 9.14. The highest BCUT2D eigenvalue weighted by atomic mass is 19.1. The fraction of sp³-hybridized carbons (Fsp3) is 0.500. The molecule has 3 heteroatoms. The van der Waals surface area contributed by atoms with E-state index in [1.54, 1.807) is 12.1 Å². The molecule has 2 rings (SSSR count). The van der Waals surface area contributed by atoms with Gasteiger partial charge in [0, 0.05) is 12.0 Å². The van der Waals surface area contributed by atoms with Gasteiger partial charge in [0.25, 0.3) is 0 Å². The number of hydrogen-bond donors (Lipinski definition) is 1. The molecule has 0 atom stereocenters. The highest BCUT2D eigenvalue weighted by Gasteiger charge is 2.43. The van der Waals surface area contributed by atoms with E-state index in [0.29, 0.717) is 5.75 Å². The van der Waals surface area contributed by atoms with Gasteiger partial charge in [0.1, 0.15) is 0 Å². The molecule has 15 heavy (non-hydrogen) atoms. The Hall–Kier alpha value is -1.09. The lowest BCUT2D eigenvalue weighted by atomic mass is 9.96. The normalized spacial score (nSPS) is 17.5. The van der Waals surface area contributed by atoms with Crippen LogP contribution < -0.4 is 10.1 Å². The third kappa shape index (κ3) is 1.84. The molecule has 1 saturated carbocycles. The van der Waals surface area contributed by atoms with Gasteiger partial charge in [-0.2, -0.15) is 0 Å². The lowest BCUT2D eigenvalue weighted by molar-refractivity contribution is 0.385. The quantitative estimate of drug-likeness (QED) is 0.819. The second kappa shape index (κ2) is 3.81. The van der Waals surface area contributed by atoms with Crippen LogP contribution in [0.2, 0.25) is 0 Å². The molecule has 1 fully saturated rings. The fourth-order valence-electron chi connectivity index (χ4n) is 2.05. The van der Waals surface area contributed by atoms with Crippen molar-refractivity contribution in [2.45, 2.75) is 18.3 Å². The van der Waals surface area contributed by atoms with Crippen molar-refractivity contribution in [2.24, 2.45) is 0 Å². The summed E-state index contributed by atoms with van der Waals surface area (Å²) in [7, 11) is 3.42. The van der Waals surface area contributed by atoms with Crippen LogP contribution >= 0.6 is 0 Å². The molecule has 1 aliphatic rings. The van der Waals surface area contributed by atoms with Crippen molar-refractivity contribution >= 4 is 0 Å². The van der Waals surface area contributed by atoms with Gasteiger partial charge >= 0.3 is 0 Å². The van der Waals surface area contributed by atoms with E-state index in [4.69, 9.17) is 4.74 Å². The summed E-state index contributed by atoms with van der Waals surface area (Å²) >= 11 is 0. The maximum absolute atomic E-state index is 13.5. The predicted molar refractivity (Wildman–Crippen MR) is 57.8 cm³/mol. The van der Waals surface area contributed by atoms with Gasteiger partial charge in [0.05, 0.1) is 7.11 Å². The fourth-order valence-corrected chi connectivity index (χ4v) is 2.05. The number of methoxy groups -OCH3 is 1. The van der Waals surface area contributed by atoms with E-state index in [-0.39, 0.29) is 11.2 Å². The molecular formula is C12H16FNO. The molecule has 1 aliphatic carbocycles. The monoisotopic (exact) mass is 209 g/mol. The van der Waals surface area contributed by atoms with Crippen molar-refractivity contribution in [2.75, 3.05) is 20.7 Å². The summed E-state index contributed by atoms with van der Waals surface area (Å²) in [6.45, 7) is 0.915. The molecule has 0 unspecified atom stereocenters. The molecule has 0 spiro atoms. The summed E-state index contributed by atoms with van der Waals surface area (Å²) in [5.74, 6) is 0.0522. The number of ether oxygens (including phenoxy) is 1. The van der Waals surface area contributed by atoms with Crippen molar-refractivity contribution in [3.63, 3.8) is 0 Å². The lowest BCUT2D eigenvalue weighted by Gasteiger charge is -2.15. The second-order valence-electron chi connectivity index (χ2n) is 4.16. The highest BCUT2D eigenvalue weighted by Crippen LogP contribution is 2.48. The third-order valence-electron chi connectivity index (χ3n) is 3.13. The predicted octanol–water partition coefficient (Wildman–Crippen LogP) is 2.09. The average Bonchev–Trinajstić information content (AvgIpc) is 2.99. The van der Waals surface area contributed by atoms with Crippen molar-refractivity contribution in [1.82, 2.24) is 5.32 Å². The van der Waals surface area contributed by atoms with E-state index in [9.17, 15) is 4.39 Å². The molecule has 0 heterocycles. The Labute approximate surface area is 89.4 Å². The van der Waals surface area contributed by atoms with E-state index < -0.39 is 0 Å². The second-order valence-corrected chi connectivity index (χ2v) is 4.16. The maximum Gasteiger partial charge on any atom is 0.165 e. The van der Waals surface area contributed by atoms with Crippen LogP contribution in [0.5, 0.6) is 5.75 Å². The molecule has 0 aromatic heterocycles. The molecule has 82 valence electrons. The van der Waals surface area contributed by atoms with E-state index in [0.717, 1.165) is 24.9 Å². The molecule has 0 saturated heterocycles. The summed E-state index contributed by atoms with van der Waals surface area (Å²) in [6, 6.07) is 5.27. The van der Waals surface area contributed by atoms with Crippen LogP contribution in [0.1, 0.15) is 18.4 Å². The Kier molecular flexibility index (Phi) is 2.65. The van der Waals surface area contributed by atoms with E-state index in [1.807, 2.05) is 13.1 Å². The molecule has 1 aromatic carbocycles. The van der Waals surface area contributed by atoms with Gasteiger partial charge in [-0.15, -0.1) is 0 Å². The summed E-state index contributed by atoms with van der Waals surface area (Å²) in [5.41, 5.74) is 1.25. The third-order valence-corrected chi connectivity index (χ3v) is 3.13. The zero-order valence-corrected chi connectivity index (χ0v) is 9.14. The summed E-state index contributed by atoms with van der Waals surface area (Å²) in [5, 5.41) is 3.16. The minimum atomic E-state index is -0.266. The molecule has 0 aliphatic heterocycles. The van der Waals surface area contributed by atoms with Crippen LogP contribution in [0.3, 0.4) is 0 Å². The number of hydrogen-bond acceptors (Lipinski definition) is 2. The number of benzene rings is 1. The highest BCUT2D eigenvalue weighted by molar-refractivity contribution is 5.37. The molecular weight excluding hydrogens is 193 g/mol. The van der Waals surface area contributed by atoms with Crippen molar-refractivity contribution in [3.05, 3.63) is 29.6 Å². The van der Waals surface area contributed by atoms with Crippen molar-refractivity contribution in [1.29, 1.82) is 0 Å². The molecule has 2 nitrogen and oxygen atoms in total. The number of halogens is 1. The van der Waals surface area contributed by atoms with Crippen molar-refractivity contribution < 1.29 is 9.13 Å². The standard InChI is InChI=1S/C12H16FNO/c1-14-8-12(5-6-12)9-3-4-11(15-2)10(13)7-9/h3-4,7,14H,5-6,8H2,1-2H3. The van der Waals surface area contributed by atoms with Gasteiger partial charge in [0.2, 0.25) is 0 Å². The molecule has 0 radical (unpaired) electrons. The minimum absolute atomic E-state index is 0.169. The van der Waals surface area contributed by atoms with Gasteiger partial charge in [-0.25, -0.2) is 4.39 Å². The molecule has 1 N–H and O–H groups in total.